The van der Waals surface area contributed by atoms with E-state index in [0.29, 0.717) is 11.3 Å². The molecule has 0 N–H and O–H groups in total. The zero-order chi connectivity index (χ0) is 20.5. The largest absolute Gasteiger partial charge is 0.496 e. The molecule has 0 aliphatic carbocycles. The molecule has 0 aliphatic heterocycles. The topological polar surface area (TPSA) is 70.2 Å². The number of rotatable bonds is 5. The van der Waals surface area contributed by atoms with E-state index < -0.39 is 0 Å². The molecule has 0 atom stereocenters. The third-order valence-corrected chi connectivity index (χ3v) is 6.05. The number of ether oxygens (including phenoxy) is 1. The van der Waals surface area contributed by atoms with Gasteiger partial charge in [0.2, 0.25) is 0 Å². The number of fused-ring (bicyclic) bond motifs is 1. The summed E-state index contributed by atoms with van der Waals surface area (Å²) >= 11 is 1.53. The van der Waals surface area contributed by atoms with Gasteiger partial charge in [0.1, 0.15) is 11.3 Å². The van der Waals surface area contributed by atoms with E-state index in [1.54, 1.807) is 13.2 Å². The Balaban J connectivity index is 1.66. The first-order valence-corrected chi connectivity index (χ1v) is 10.2. The number of aryl methyl sites for hydroxylation is 2. The average molecular weight is 407 g/mol. The van der Waals surface area contributed by atoms with Gasteiger partial charge >= 0.3 is 5.63 Å². The average Bonchev–Trinajstić information content (AvgIpc) is 3.07. The van der Waals surface area contributed by atoms with Crippen LogP contribution in [0.15, 0.2) is 56.8 Å². The van der Waals surface area contributed by atoms with Crippen molar-refractivity contribution in [3.05, 3.63) is 69.6 Å². The first kappa shape index (κ1) is 19.3. The Hall–Kier alpha value is -3.06. The van der Waals surface area contributed by atoms with E-state index >= 15 is 0 Å². The van der Waals surface area contributed by atoms with Gasteiger partial charge in [-0.1, -0.05) is 23.9 Å². The molecule has 2 aromatic heterocycles. The summed E-state index contributed by atoms with van der Waals surface area (Å²) in [6.07, 6.45) is 0. The maximum Gasteiger partial charge on any atom is 0.336 e. The number of aromatic nitrogens is 3. The minimum atomic E-state index is -0.343. The van der Waals surface area contributed by atoms with Crippen LogP contribution in [-0.2, 0) is 12.8 Å². The highest BCUT2D eigenvalue weighted by Gasteiger charge is 2.16. The van der Waals surface area contributed by atoms with Gasteiger partial charge in [0.15, 0.2) is 11.0 Å². The van der Waals surface area contributed by atoms with Gasteiger partial charge in [-0.15, -0.1) is 10.2 Å². The maximum absolute atomic E-state index is 12.0. The van der Waals surface area contributed by atoms with E-state index in [0.717, 1.165) is 44.4 Å². The van der Waals surface area contributed by atoms with Crippen LogP contribution in [0, 0.1) is 13.8 Å². The van der Waals surface area contributed by atoms with Gasteiger partial charge < -0.3 is 13.7 Å². The molecule has 6 nitrogen and oxygen atoms in total. The van der Waals surface area contributed by atoms with Crippen molar-refractivity contribution in [2.75, 3.05) is 7.11 Å². The Bertz CT molecular complexity index is 1260. The minimum absolute atomic E-state index is 0.343. The molecular weight excluding hydrogens is 386 g/mol. The van der Waals surface area contributed by atoms with Crippen molar-refractivity contribution < 1.29 is 9.15 Å². The highest BCUT2D eigenvalue weighted by Crippen LogP contribution is 2.32. The summed E-state index contributed by atoms with van der Waals surface area (Å²) in [5, 5.41) is 10.4. The van der Waals surface area contributed by atoms with Crippen LogP contribution in [0.25, 0.3) is 22.4 Å². The molecule has 0 bridgehead atoms. The summed E-state index contributed by atoms with van der Waals surface area (Å²) in [5.74, 6) is 2.06. The third kappa shape index (κ3) is 3.65. The first-order valence-electron chi connectivity index (χ1n) is 9.17. The molecule has 0 unspecified atom stereocenters. The van der Waals surface area contributed by atoms with Crippen LogP contribution in [-0.4, -0.2) is 21.9 Å². The lowest BCUT2D eigenvalue weighted by molar-refractivity contribution is 0.416. The van der Waals surface area contributed by atoms with Crippen molar-refractivity contribution >= 4 is 22.7 Å². The van der Waals surface area contributed by atoms with Crippen molar-refractivity contribution in [3.63, 3.8) is 0 Å². The first-order chi connectivity index (χ1) is 14.0. The van der Waals surface area contributed by atoms with Gasteiger partial charge in [0.25, 0.3) is 0 Å². The summed E-state index contributed by atoms with van der Waals surface area (Å²) in [4.78, 5) is 12.0. The lowest BCUT2D eigenvalue weighted by Crippen LogP contribution is -2.01. The predicted octanol–water partition coefficient (Wildman–Crippen LogP) is 4.51. The highest BCUT2D eigenvalue weighted by atomic mass is 32.2. The number of benzene rings is 2. The van der Waals surface area contributed by atoms with Crippen LogP contribution in [0.4, 0.5) is 0 Å². The van der Waals surface area contributed by atoms with Gasteiger partial charge in [0.05, 0.1) is 12.7 Å². The molecule has 0 aliphatic rings. The van der Waals surface area contributed by atoms with Gasteiger partial charge in [-0.3, -0.25) is 0 Å². The fraction of sp³-hybridized carbons (Fsp3) is 0.227. The molecule has 0 saturated carbocycles. The van der Waals surface area contributed by atoms with Crippen LogP contribution in [0.1, 0.15) is 16.7 Å². The molecule has 4 rings (SSSR count). The summed E-state index contributed by atoms with van der Waals surface area (Å²) in [6, 6.07) is 13.3. The molecule has 7 heteroatoms. The third-order valence-electron chi connectivity index (χ3n) is 4.98. The fourth-order valence-corrected chi connectivity index (χ4v) is 4.15. The number of thioether (sulfide) groups is 1. The molecule has 4 aromatic rings. The predicted molar refractivity (Wildman–Crippen MR) is 115 cm³/mol. The van der Waals surface area contributed by atoms with E-state index in [9.17, 15) is 4.79 Å². The molecule has 0 spiro atoms. The maximum atomic E-state index is 12.0. The Morgan fingerprint density at radius 2 is 1.86 bits per heavy atom. The molecule has 29 heavy (non-hydrogen) atoms. The fourth-order valence-electron chi connectivity index (χ4n) is 3.25. The Morgan fingerprint density at radius 3 is 2.66 bits per heavy atom. The van der Waals surface area contributed by atoms with Gasteiger partial charge in [-0.25, -0.2) is 4.79 Å². The Morgan fingerprint density at radius 1 is 1.10 bits per heavy atom. The van der Waals surface area contributed by atoms with Crippen molar-refractivity contribution in [1.29, 1.82) is 0 Å². The van der Waals surface area contributed by atoms with Crippen molar-refractivity contribution in [1.82, 2.24) is 14.8 Å². The van der Waals surface area contributed by atoms with Gasteiger partial charge in [-0.05, 0) is 54.8 Å². The lowest BCUT2D eigenvalue weighted by Gasteiger charge is -2.09. The van der Waals surface area contributed by atoms with Gasteiger partial charge in [0, 0.05) is 24.3 Å². The monoisotopic (exact) mass is 407 g/mol. The van der Waals surface area contributed by atoms with E-state index in [-0.39, 0.29) is 5.63 Å². The number of hydrogen-bond acceptors (Lipinski definition) is 6. The zero-order valence-electron chi connectivity index (χ0n) is 16.7. The number of nitrogens with zero attached hydrogens (tertiary/aromatic N) is 3. The number of methoxy groups -OCH3 is 1. The van der Waals surface area contributed by atoms with Crippen LogP contribution in [0.2, 0.25) is 0 Å². The second kappa shape index (κ2) is 7.75. The van der Waals surface area contributed by atoms with Crippen molar-refractivity contribution in [2.24, 2.45) is 7.05 Å². The second-order valence-corrected chi connectivity index (χ2v) is 7.82. The summed E-state index contributed by atoms with van der Waals surface area (Å²) in [5.41, 5.74) is 4.34. The zero-order valence-corrected chi connectivity index (χ0v) is 17.5. The molecule has 0 saturated heterocycles. The van der Waals surface area contributed by atoms with Crippen LogP contribution in [0.5, 0.6) is 5.75 Å². The molecule has 2 aromatic carbocycles. The SMILES string of the molecule is COc1ccccc1-c1nnc(SCc2cc(=O)oc3cc(C)c(C)cc23)n1C. The van der Waals surface area contributed by atoms with Crippen molar-refractivity contribution in [2.45, 2.75) is 24.8 Å². The second-order valence-electron chi connectivity index (χ2n) is 6.88. The quantitative estimate of drug-likeness (QED) is 0.358. The molecule has 2 heterocycles. The number of para-hydroxylation sites is 1. The highest BCUT2D eigenvalue weighted by molar-refractivity contribution is 7.98. The molecule has 0 amide bonds. The normalized spacial score (nSPS) is 11.2. The lowest BCUT2D eigenvalue weighted by atomic mass is 10.0. The van der Waals surface area contributed by atoms with E-state index in [1.807, 2.05) is 48.9 Å². The summed E-state index contributed by atoms with van der Waals surface area (Å²) < 4.78 is 12.8. The molecule has 148 valence electrons. The Kier molecular flexibility index (Phi) is 5.15. The Labute approximate surface area is 172 Å². The van der Waals surface area contributed by atoms with Crippen LogP contribution >= 0.6 is 11.8 Å². The molecular formula is C22H21N3O3S. The standard InChI is InChI=1S/C22H21N3O3S/c1-13-9-17-15(11-20(26)28-19(17)10-14(13)2)12-29-22-24-23-21(25(22)3)16-7-5-6-8-18(16)27-4/h5-11H,12H2,1-4H3. The smallest absolute Gasteiger partial charge is 0.336 e. The summed E-state index contributed by atoms with van der Waals surface area (Å²) in [6.45, 7) is 4.06. The van der Waals surface area contributed by atoms with Crippen molar-refractivity contribution in [3.8, 4) is 17.1 Å². The number of hydrogen-bond donors (Lipinski definition) is 0. The van der Waals surface area contributed by atoms with E-state index in [2.05, 4.69) is 23.2 Å². The van der Waals surface area contributed by atoms with E-state index in [1.165, 1.54) is 11.8 Å². The minimum Gasteiger partial charge on any atom is -0.496 e. The van der Waals surface area contributed by atoms with E-state index in [4.69, 9.17) is 9.15 Å². The summed E-state index contributed by atoms with van der Waals surface area (Å²) in [7, 11) is 3.57. The molecule has 0 radical (unpaired) electrons. The van der Waals surface area contributed by atoms with Crippen LogP contribution < -0.4 is 10.4 Å². The van der Waals surface area contributed by atoms with Crippen LogP contribution in [0.3, 0.4) is 0 Å². The van der Waals surface area contributed by atoms with Gasteiger partial charge in [-0.2, -0.15) is 0 Å². The molecule has 0 fully saturated rings.